The molecule has 98 valence electrons. The zero-order chi connectivity index (χ0) is 12.8. The maximum absolute atomic E-state index is 11.8. The first-order valence-electron chi connectivity index (χ1n) is 5.86. The van der Waals surface area contributed by atoms with Gasteiger partial charge >= 0.3 is 12.0 Å². The van der Waals surface area contributed by atoms with E-state index in [2.05, 4.69) is 5.32 Å². The summed E-state index contributed by atoms with van der Waals surface area (Å²) < 4.78 is 5.12. The molecule has 1 aliphatic carbocycles. The van der Waals surface area contributed by atoms with E-state index in [0.29, 0.717) is 6.54 Å². The molecule has 6 heteroatoms. The molecule has 0 spiro atoms. The highest BCUT2D eigenvalue weighted by atomic mass is 16.5. The first-order valence-corrected chi connectivity index (χ1v) is 5.86. The van der Waals surface area contributed by atoms with Crippen LogP contribution in [0.1, 0.15) is 26.2 Å². The Morgan fingerprint density at radius 2 is 2.12 bits per heavy atom. The summed E-state index contributed by atoms with van der Waals surface area (Å²) in [6.07, 6.45) is 1.89. The number of amides is 2. The summed E-state index contributed by atoms with van der Waals surface area (Å²) in [5.41, 5.74) is 0. The number of aliphatic carboxylic acids is 1. The van der Waals surface area contributed by atoms with Gasteiger partial charge in [-0.2, -0.15) is 0 Å². The third kappa shape index (κ3) is 4.22. The van der Waals surface area contributed by atoms with Gasteiger partial charge in [-0.15, -0.1) is 0 Å². The van der Waals surface area contributed by atoms with Gasteiger partial charge < -0.3 is 20.1 Å². The number of methoxy groups -OCH3 is 1. The van der Waals surface area contributed by atoms with Crippen LogP contribution in [0.15, 0.2) is 0 Å². The van der Waals surface area contributed by atoms with E-state index in [4.69, 9.17) is 9.84 Å². The minimum atomic E-state index is -0.889. The van der Waals surface area contributed by atoms with Crippen molar-refractivity contribution in [1.82, 2.24) is 10.2 Å². The fourth-order valence-electron chi connectivity index (χ4n) is 1.78. The lowest BCUT2D eigenvalue weighted by Gasteiger charge is -2.36. The van der Waals surface area contributed by atoms with Gasteiger partial charge in [0.2, 0.25) is 0 Å². The second-order valence-electron chi connectivity index (χ2n) is 4.20. The number of carbonyl (C=O) groups excluding carboxylic acids is 1. The van der Waals surface area contributed by atoms with E-state index in [1.165, 1.54) is 4.90 Å². The van der Waals surface area contributed by atoms with Gasteiger partial charge in [0, 0.05) is 26.2 Å². The first-order chi connectivity index (χ1) is 8.06. The Balaban J connectivity index is 2.27. The average molecular weight is 244 g/mol. The van der Waals surface area contributed by atoms with Crippen LogP contribution in [-0.2, 0) is 9.53 Å². The van der Waals surface area contributed by atoms with Gasteiger partial charge in [-0.1, -0.05) is 0 Å². The highest BCUT2D eigenvalue weighted by molar-refractivity contribution is 5.75. The normalized spacial score (nSPS) is 22.7. The second-order valence-corrected chi connectivity index (χ2v) is 4.20. The van der Waals surface area contributed by atoms with Crippen LogP contribution in [0.4, 0.5) is 4.79 Å². The van der Waals surface area contributed by atoms with Gasteiger partial charge in [0.25, 0.3) is 0 Å². The second kappa shape index (κ2) is 6.44. The molecule has 0 bridgehead atoms. The molecule has 2 N–H and O–H groups in total. The molecule has 0 heterocycles. The number of urea groups is 1. The summed E-state index contributed by atoms with van der Waals surface area (Å²) in [5.74, 6) is -0.889. The molecular weight excluding hydrogens is 224 g/mol. The van der Waals surface area contributed by atoms with E-state index < -0.39 is 5.97 Å². The molecule has 0 saturated heterocycles. The zero-order valence-electron chi connectivity index (χ0n) is 10.3. The van der Waals surface area contributed by atoms with E-state index in [1.54, 1.807) is 7.11 Å². The minimum Gasteiger partial charge on any atom is -0.481 e. The molecule has 6 nitrogen and oxygen atoms in total. The van der Waals surface area contributed by atoms with Crippen molar-refractivity contribution in [2.75, 3.05) is 20.2 Å². The Kier molecular flexibility index (Phi) is 5.21. The molecule has 0 aliphatic heterocycles. The minimum absolute atomic E-state index is 0.0212. The topological polar surface area (TPSA) is 78.9 Å². The lowest BCUT2D eigenvalue weighted by molar-refractivity contribution is -0.137. The van der Waals surface area contributed by atoms with E-state index in [9.17, 15) is 9.59 Å². The zero-order valence-corrected chi connectivity index (χ0v) is 10.3. The highest BCUT2D eigenvalue weighted by Gasteiger charge is 2.31. The molecule has 17 heavy (non-hydrogen) atoms. The van der Waals surface area contributed by atoms with Crippen LogP contribution < -0.4 is 5.32 Å². The van der Waals surface area contributed by atoms with Crippen molar-refractivity contribution in [3.63, 3.8) is 0 Å². The van der Waals surface area contributed by atoms with Crippen molar-refractivity contribution >= 4 is 12.0 Å². The molecule has 1 rings (SSSR count). The first kappa shape index (κ1) is 13.8. The van der Waals surface area contributed by atoms with Crippen LogP contribution >= 0.6 is 0 Å². The van der Waals surface area contributed by atoms with Crippen LogP contribution in [0.25, 0.3) is 0 Å². The number of hydrogen-bond donors (Lipinski definition) is 2. The molecule has 1 fully saturated rings. The van der Waals surface area contributed by atoms with Crippen molar-refractivity contribution < 1.29 is 19.4 Å². The summed E-state index contributed by atoms with van der Waals surface area (Å²) in [6, 6.07) is -0.0281. The molecule has 1 saturated carbocycles. The van der Waals surface area contributed by atoms with Crippen LogP contribution in [0, 0.1) is 0 Å². The number of rotatable bonds is 6. The predicted molar refractivity (Wildman–Crippen MR) is 61.9 cm³/mol. The Bertz CT molecular complexity index is 277. The van der Waals surface area contributed by atoms with Crippen molar-refractivity contribution in [1.29, 1.82) is 0 Å². The van der Waals surface area contributed by atoms with Crippen LogP contribution in [0.3, 0.4) is 0 Å². The standard InChI is InChI=1S/C11H20N2O4/c1-3-13(5-4-10(14)15)11(16)12-8-6-9(7-8)17-2/h8-9H,3-7H2,1-2H3,(H,12,16)(H,14,15). The maximum atomic E-state index is 11.8. The largest absolute Gasteiger partial charge is 0.481 e. The number of carboxylic acids is 1. The summed E-state index contributed by atoms with van der Waals surface area (Å²) in [6.45, 7) is 2.60. The molecule has 2 amide bonds. The number of nitrogens with zero attached hydrogens (tertiary/aromatic N) is 1. The highest BCUT2D eigenvalue weighted by Crippen LogP contribution is 2.22. The molecule has 0 atom stereocenters. The van der Waals surface area contributed by atoms with Gasteiger partial charge in [-0.25, -0.2) is 4.79 Å². The van der Waals surface area contributed by atoms with Crippen molar-refractivity contribution in [3.8, 4) is 0 Å². The lowest BCUT2D eigenvalue weighted by Crippen LogP contribution is -2.52. The van der Waals surface area contributed by atoms with E-state index in [-0.39, 0.29) is 31.1 Å². The van der Waals surface area contributed by atoms with Gasteiger partial charge in [0.1, 0.15) is 0 Å². The maximum Gasteiger partial charge on any atom is 0.317 e. The summed E-state index contributed by atoms with van der Waals surface area (Å²) in [7, 11) is 1.66. The third-order valence-electron chi connectivity index (χ3n) is 3.02. The monoisotopic (exact) mass is 244 g/mol. The number of nitrogens with one attached hydrogen (secondary N) is 1. The van der Waals surface area contributed by atoms with Gasteiger partial charge in [-0.3, -0.25) is 4.79 Å². The van der Waals surface area contributed by atoms with Gasteiger partial charge in [-0.05, 0) is 19.8 Å². The summed E-state index contributed by atoms with van der Waals surface area (Å²) in [4.78, 5) is 23.7. The van der Waals surface area contributed by atoms with Crippen molar-refractivity contribution in [2.45, 2.75) is 38.3 Å². The molecule has 0 aromatic rings. The van der Waals surface area contributed by atoms with Crippen LogP contribution in [-0.4, -0.2) is 54.4 Å². The Morgan fingerprint density at radius 1 is 1.47 bits per heavy atom. The Hall–Kier alpha value is -1.30. The van der Waals surface area contributed by atoms with E-state index in [0.717, 1.165) is 12.8 Å². The smallest absolute Gasteiger partial charge is 0.317 e. The summed E-state index contributed by atoms with van der Waals surface area (Å²) >= 11 is 0. The number of hydrogen-bond acceptors (Lipinski definition) is 3. The third-order valence-corrected chi connectivity index (χ3v) is 3.02. The number of carbonyl (C=O) groups is 2. The molecule has 1 aliphatic rings. The van der Waals surface area contributed by atoms with E-state index in [1.807, 2.05) is 6.92 Å². The van der Waals surface area contributed by atoms with E-state index >= 15 is 0 Å². The van der Waals surface area contributed by atoms with Crippen molar-refractivity contribution in [2.24, 2.45) is 0 Å². The Morgan fingerprint density at radius 3 is 2.59 bits per heavy atom. The number of carboxylic acid groups (broad SMARTS) is 1. The average Bonchev–Trinajstić information content (AvgIpc) is 2.23. The lowest BCUT2D eigenvalue weighted by atomic mass is 9.89. The fourth-order valence-corrected chi connectivity index (χ4v) is 1.78. The van der Waals surface area contributed by atoms with Crippen molar-refractivity contribution in [3.05, 3.63) is 0 Å². The SMILES string of the molecule is CCN(CCC(=O)O)C(=O)NC1CC(OC)C1. The van der Waals surface area contributed by atoms with Crippen LogP contribution in [0.2, 0.25) is 0 Å². The van der Waals surface area contributed by atoms with Gasteiger partial charge in [0.15, 0.2) is 0 Å². The summed E-state index contributed by atoms with van der Waals surface area (Å²) in [5, 5.41) is 11.4. The molecule has 0 radical (unpaired) electrons. The molecule has 0 aromatic heterocycles. The fraction of sp³-hybridized carbons (Fsp3) is 0.818. The Labute approximate surface area is 101 Å². The quantitative estimate of drug-likeness (QED) is 0.719. The molecule has 0 aromatic carbocycles. The molecule has 0 unspecified atom stereocenters. The molecular formula is C11H20N2O4. The predicted octanol–water partition coefficient (Wildman–Crippen LogP) is 0.670. The van der Waals surface area contributed by atoms with Gasteiger partial charge in [0.05, 0.1) is 12.5 Å². The van der Waals surface area contributed by atoms with Crippen LogP contribution in [0.5, 0.6) is 0 Å². The number of ether oxygens (including phenoxy) is 1.